The van der Waals surface area contributed by atoms with Crippen molar-refractivity contribution in [3.63, 3.8) is 0 Å². The van der Waals surface area contributed by atoms with Crippen molar-refractivity contribution in [1.82, 2.24) is 15.0 Å². The van der Waals surface area contributed by atoms with Gasteiger partial charge in [0.25, 0.3) is 0 Å². The molecular formula is C60H43N3. The Morgan fingerprint density at radius 2 is 0.730 bits per heavy atom. The van der Waals surface area contributed by atoms with Crippen molar-refractivity contribution in [1.29, 1.82) is 0 Å². The lowest BCUT2D eigenvalue weighted by molar-refractivity contribution is 0.768. The number of hydrogen-bond donors (Lipinski definition) is 0. The number of rotatable bonds is 6. The molecule has 0 radical (unpaired) electrons. The predicted molar refractivity (Wildman–Crippen MR) is 263 cm³/mol. The summed E-state index contributed by atoms with van der Waals surface area (Å²) in [7, 11) is 0. The molecule has 0 fully saturated rings. The van der Waals surface area contributed by atoms with Crippen LogP contribution in [0.15, 0.2) is 224 Å². The quantitative estimate of drug-likeness (QED) is 0.157. The fraction of sp³-hybridized carbons (Fsp3) is 0.0500. The summed E-state index contributed by atoms with van der Waals surface area (Å²) in [6, 6.07) is 80.8. The minimum Gasteiger partial charge on any atom is -0.208 e. The van der Waals surface area contributed by atoms with Gasteiger partial charge in [-0.25, -0.2) is 15.0 Å². The monoisotopic (exact) mass is 805 g/mol. The summed E-state index contributed by atoms with van der Waals surface area (Å²) in [6.45, 7) is 4.00. The van der Waals surface area contributed by atoms with E-state index in [1.807, 2.05) is 50.2 Å². The van der Waals surface area contributed by atoms with Gasteiger partial charge in [-0.15, -0.1) is 0 Å². The van der Waals surface area contributed by atoms with Crippen molar-refractivity contribution in [3.8, 4) is 56.4 Å². The molecule has 3 heteroatoms. The standard InChI is InChI=1S/C58H37N3.C2H6/c1-5-18-38(19-6-1)55-59-56(39-20-7-2-8-21-39)61-57(60-55)41-32-34-47-45-26-13-14-27-46(45)49-30-17-29-44(54(49)51(47)37-41)40-33-35-53-50(36-40)48-28-15-16-31-52(48)58(53,42-22-9-3-10-23-42)43-24-11-4-12-25-43;1-2/h1-37H;1-2H3. The lowest BCUT2D eigenvalue weighted by Crippen LogP contribution is -2.28. The van der Waals surface area contributed by atoms with E-state index in [0.717, 1.165) is 22.1 Å². The normalized spacial score (nSPS) is 12.4. The smallest absolute Gasteiger partial charge is 0.164 e. The molecule has 11 aromatic rings. The Balaban J connectivity index is 0.00000219. The van der Waals surface area contributed by atoms with Crippen molar-refractivity contribution < 1.29 is 0 Å². The summed E-state index contributed by atoms with van der Waals surface area (Å²) < 4.78 is 0. The van der Waals surface area contributed by atoms with Crippen molar-refractivity contribution >= 4 is 32.3 Å². The Kier molecular flexibility index (Phi) is 9.51. The van der Waals surface area contributed by atoms with Gasteiger partial charge in [-0.1, -0.05) is 226 Å². The third kappa shape index (κ3) is 6.15. The summed E-state index contributed by atoms with van der Waals surface area (Å²) in [5.74, 6) is 1.93. The lowest BCUT2D eigenvalue weighted by Gasteiger charge is -2.33. The maximum atomic E-state index is 5.13. The highest BCUT2D eigenvalue weighted by Gasteiger charge is 2.46. The average Bonchev–Trinajstić information content (AvgIpc) is 3.68. The SMILES string of the molecule is CC.c1ccc(-c2nc(-c3ccccc3)nc(-c3ccc4c5ccccc5c5cccc(-c6ccc7c(c6)-c6ccccc6C7(c6ccccc6)c6ccccc6)c5c4c3)n2)cc1. The second-order valence-electron chi connectivity index (χ2n) is 15.9. The largest absolute Gasteiger partial charge is 0.208 e. The van der Waals surface area contributed by atoms with Crippen molar-refractivity contribution in [2.24, 2.45) is 0 Å². The van der Waals surface area contributed by atoms with Crippen LogP contribution in [-0.4, -0.2) is 15.0 Å². The first-order valence-electron chi connectivity index (χ1n) is 21.9. The molecule has 12 rings (SSSR count). The maximum Gasteiger partial charge on any atom is 0.164 e. The molecule has 0 aliphatic heterocycles. The van der Waals surface area contributed by atoms with Crippen LogP contribution in [0.25, 0.3) is 88.7 Å². The van der Waals surface area contributed by atoms with Gasteiger partial charge < -0.3 is 0 Å². The summed E-state index contributed by atoms with van der Waals surface area (Å²) >= 11 is 0. The van der Waals surface area contributed by atoms with E-state index in [9.17, 15) is 0 Å². The molecule has 1 heterocycles. The zero-order valence-corrected chi connectivity index (χ0v) is 35.2. The van der Waals surface area contributed by atoms with Crippen LogP contribution in [-0.2, 0) is 5.41 Å². The molecule has 1 aliphatic rings. The van der Waals surface area contributed by atoms with E-state index < -0.39 is 5.41 Å². The zero-order chi connectivity index (χ0) is 42.3. The van der Waals surface area contributed by atoms with E-state index in [0.29, 0.717) is 17.5 Å². The lowest BCUT2D eigenvalue weighted by atomic mass is 9.67. The molecule has 10 aromatic carbocycles. The first kappa shape index (κ1) is 38.0. The topological polar surface area (TPSA) is 38.7 Å². The molecule has 0 saturated heterocycles. The molecule has 1 aromatic heterocycles. The highest BCUT2D eigenvalue weighted by atomic mass is 15.0. The Labute approximate surface area is 368 Å². The fourth-order valence-corrected chi connectivity index (χ4v) is 9.94. The van der Waals surface area contributed by atoms with Crippen molar-refractivity contribution in [2.45, 2.75) is 19.3 Å². The molecule has 1 aliphatic carbocycles. The predicted octanol–water partition coefficient (Wildman–Crippen LogP) is 15.4. The van der Waals surface area contributed by atoms with Gasteiger partial charge in [0.05, 0.1) is 5.41 Å². The molecule has 0 spiro atoms. The van der Waals surface area contributed by atoms with E-state index in [-0.39, 0.29) is 0 Å². The van der Waals surface area contributed by atoms with Crippen molar-refractivity contribution in [3.05, 3.63) is 247 Å². The van der Waals surface area contributed by atoms with Crippen LogP contribution in [0.1, 0.15) is 36.1 Å². The third-order valence-corrected chi connectivity index (χ3v) is 12.6. The van der Waals surface area contributed by atoms with Crippen LogP contribution < -0.4 is 0 Å². The van der Waals surface area contributed by atoms with Gasteiger partial charge in [0.15, 0.2) is 17.5 Å². The first-order chi connectivity index (χ1) is 31.3. The highest BCUT2D eigenvalue weighted by molar-refractivity contribution is 6.29. The van der Waals surface area contributed by atoms with Gasteiger partial charge in [-0.2, -0.15) is 0 Å². The van der Waals surface area contributed by atoms with Crippen molar-refractivity contribution in [2.75, 3.05) is 0 Å². The molecular weight excluding hydrogens is 763 g/mol. The third-order valence-electron chi connectivity index (χ3n) is 12.6. The number of benzene rings is 10. The number of fused-ring (bicyclic) bond motifs is 9. The highest BCUT2D eigenvalue weighted by Crippen LogP contribution is 2.57. The molecule has 0 atom stereocenters. The minimum absolute atomic E-state index is 0.453. The Morgan fingerprint density at radius 3 is 1.35 bits per heavy atom. The molecule has 0 saturated carbocycles. The molecule has 298 valence electrons. The molecule has 0 amide bonds. The Bertz CT molecular complexity index is 3360. The Morgan fingerprint density at radius 1 is 0.286 bits per heavy atom. The van der Waals surface area contributed by atoms with Gasteiger partial charge in [0, 0.05) is 16.7 Å². The van der Waals surface area contributed by atoms with Gasteiger partial charge in [0.1, 0.15) is 0 Å². The van der Waals surface area contributed by atoms with Crippen LogP contribution in [0.5, 0.6) is 0 Å². The Hall–Kier alpha value is -8.01. The van der Waals surface area contributed by atoms with E-state index in [2.05, 4.69) is 188 Å². The van der Waals surface area contributed by atoms with Gasteiger partial charge in [-0.05, 0) is 89.0 Å². The maximum absolute atomic E-state index is 5.13. The van der Waals surface area contributed by atoms with Gasteiger partial charge in [-0.3, -0.25) is 0 Å². The average molecular weight is 806 g/mol. The molecule has 3 nitrogen and oxygen atoms in total. The van der Waals surface area contributed by atoms with Crippen LogP contribution in [0.4, 0.5) is 0 Å². The summed E-state index contributed by atoms with van der Waals surface area (Å²) in [5, 5.41) is 7.23. The van der Waals surface area contributed by atoms with Crippen LogP contribution in [0.3, 0.4) is 0 Å². The second kappa shape index (κ2) is 15.8. The fourth-order valence-electron chi connectivity index (χ4n) is 9.94. The van der Waals surface area contributed by atoms with E-state index in [1.54, 1.807) is 0 Å². The van der Waals surface area contributed by atoms with E-state index in [4.69, 9.17) is 15.0 Å². The van der Waals surface area contributed by atoms with Crippen LogP contribution >= 0.6 is 0 Å². The zero-order valence-electron chi connectivity index (χ0n) is 35.2. The summed E-state index contributed by atoms with van der Waals surface area (Å²) in [5.41, 5.74) is 12.4. The molecule has 0 unspecified atom stereocenters. The number of hydrogen-bond acceptors (Lipinski definition) is 3. The molecule has 0 N–H and O–H groups in total. The van der Waals surface area contributed by atoms with Gasteiger partial charge in [0.2, 0.25) is 0 Å². The summed E-state index contributed by atoms with van der Waals surface area (Å²) in [6.07, 6.45) is 0. The van der Waals surface area contributed by atoms with E-state index in [1.165, 1.54) is 71.4 Å². The van der Waals surface area contributed by atoms with Crippen LogP contribution in [0.2, 0.25) is 0 Å². The van der Waals surface area contributed by atoms with E-state index >= 15 is 0 Å². The molecule has 0 bridgehead atoms. The second-order valence-corrected chi connectivity index (χ2v) is 15.9. The van der Waals surface area contributed by atoms with Gasteiger partial charge >= 0.3 is 0 Å². The first-order valence-corrected chi connectivity index (χ1v) is 21.9. The van der Waals surface area contributed by atoms with Crippen LogP contribution in [0, 0.1) is 0 Å². The summed E-state index contributed by atoms with van der Waals surface area (Å²) in [4.78, 5) is 15.2. The number of nitrogens with zero attached hydrogens (tertiary/aromatic N) is 3. The number of aromatic nitrogens is 3. The molecule has 63 heavy (non-hydrogen) atoms. The minimum atomic E-state index is -0.453.